The zero-order valence-electron chi connectivity index (χ0n) is 35.5. The van der Waals surface area contributed by atoms with Gasteiger partial charge in [-0.1, -0.05) is 29.8 Å². The molecule has 21 heteroatoms. The average Bonchev–Trinajstić information content (AvgIpc) is 4.05. The Morgan fingerprint density at radius 1 is 0.754 bits per heavy atom. The van der Waals surface area contributed by atoms with Crippen LogP contribution in [0.2, 0.25) is 5.15 Å². The number of nitriles is 1. The third kappa shape index (κ3) is 11.9. The van der Waals surface area contributed by atoms with E-state index in [4.69, 9.17) is 26.2 Å². The second kappa shape index (κ2) is 21.0. The lowest BCUT2D eigenvalue weighted by molar-refractivity contribution is 0.0605. The van der Waals surface area contributed by atoms with Crippen LogP contribution in [0.1, 0.15) is 78.2 Å². The van der Waals surface area contributed by atoms with Gasteiger partial charge >= 0.3 is 11.9 Å². The summed E-state index contributed by atoms with van der Waals surface area (Å²) in [5.74, 6) is -1.11. The summed E-state index contributed by atoms with van der Waals surface area (Å²) in [6.45, 7) is 10.2. The van der Waals surface area contributed by atoms with Crippen molar-refractivity contribution in [3.8, 4) is 17.8 Å². The van der Waals surface area contributed by atoms with E-state index in [9.17, 15) is 24.4 Å². The largest absolute Gasteiger partial charge is 0.477 e. The van der Waals surface area contributed by atoms with E-state index in [-0.39, 0.29) is 22.7 Å². The first kappa shape index (κ1) is 47.3. The number of ether oxygens (including phenoxy) is 3. The molecule has 3 N–H and O–H groups in total. The van der Waals surface area contributed by atoms with Gasteiger partial charge in [-0.2, -0.15) is 15.2 Å². The van der Waals surface area contributed by atoms with Crippen molar-refractivity contribution in [3.63, 3.8) is 0 Å². The SMILES string of the molecule is CCOc1cnc2cc(C(=O)Nc3cc(NC(=O)c4cccc(C(C)(C)C#N)c4)ccc3C)sc2n1.CCOc1cnc2cc(C(=O)O)sc2n1.COC(=O)c1cc2ncc(Cl)nc2s1. The van der Waals surface area contributed by atoms with Crippen LogP contribution in [0.25, 0.3) is 31.0 Å². The normalized spacial score (nSPS) is 10.8. The fourth-order valence-electron chi connectivity index (χ4n) is 5.58. The number of fused-ring (bicyclic) bond motifs is 3. The number of carboxylic acid groups (broad SMARTS) is 1. The highest BCUT2D eigenvalue weighted by molar-refractivity contribution is 7.21. The molecule has 6 heterocycles. The molecular formula is C44H38ClN9O8S3. The van der Waals surface area contributed by atoms with Gasteiger partial charge in [-0.3, -0.25) is 14.6 Å². The maximum Gasteiger partial charge on any atom is 0.348 e. The number of esters is 1. The molecule has 17 nitrogen and oxygen atoms in total. The molecule has 6 aromatic heterocycles. The predicted molar refractivity (Wildman–Crippen MR) is 250 cm³/mol. The summed E-state index contributed by atoms with van der Waals surface area (Å²) >= 11 is 9.19. The van der Waals surface area contributed by atoms with Crippen molar-refractivity contribution in [3.05, 3.63) is 116 Å². The fraction of sp³-hybridized carbons (Fsp3) is 0.205. The number of carboxylic acids is 1. The lowest BCUT2D eigenvalue weighted by Crippen LogP contribution is -2.17. The lowest BCUT2D eigenvalue weighted by Gasteiger charge is -2.16. The first-order valence-corrected chi connectivity index (χ1v) is 22.2. The number of anilines is 2. The van der Waals surface area contributed by atoms with Crippen molar-refractivity contribution in [1.29, 1.82) is 5.26 Å². The van der Waals surface area contributed by atoms with Gasteiger partial charge in [-0.05, 0) is 88.2 Å². The van der Waals surface area contributed by atoms with Crippen molar-refractivity contribution in [1.82, 2.24) is 29.9 Å². The molecule has 0 saturated heterocycles. The van der Waals surface area contributed by atoms with Crippen LogP contribution in [0.3, 0.4) is 0 Å². The minimum absolute atomic E-state index is 0.235. The molecular weight excluding hydrogens is 914 g/mol. The van der Waals surface area contributed by atoms with E-state index in [0.29, 0.717) is 87.9 Å². The molecule has 0 aliphatic heterocycles. The van der Waals surface area contributed by atoms with Crippen molar-refractivity contribution in [2.45, 2.75) is 40.0 Å². The number of amides is 2. The third-order valence-electron chi connectivity index (χ3n) is 8.93. The van der Waals surface area contributed by atoms with Crippen LogP contribution in [0.4, 0.5) is 11.4 Å². The Bertz CT molecular complexity index is 3110. The van der Waals surface area contributed by atoms with Crippen LogP contribution < -0.4 is 20.1 Å². The number of methoxy groups -OCH3 is 1. The van der Waals surface area contributed by atoms with E-state index >= 15 is 0 Å². The molecule has 0 spiro atoms. The van der Waals surface area contributed by atoms with Crippen LogP contribution in [0.15, 0.2) is 79.3 Å². The number of rotatable bonds is 11. The van der Waals surface area contributed by atoms with Gasteiger partial charge in [0.05, 0.1) is 55.3 Å². The number of carbonyl (C=O) groups excluding carboxylic acids is 3. The second-order valence-electron chi connectivity index (χ2n) is 13.9. The van der Waals surface area contributed by atoms with E-state index in [2.05, 4.69) is 51.3 Å². The quantitative estimate of drug-likeness (QED) is 0.102. The molecule has 8 rings (SSSR count). The Balaban J connectivity index is 0.000000196. The molecule has 0 fully saturated rings. The molecule has 0 aliphatic carbocycles. The summed E-state index contributed by atoms with van der Waals surface area (Å²) in [6, 6.07) is 19.4. The number of carbonyl (C=O) groups is 4. The monoisotopic (exact) mass is 951 g/mol. The smallest absolute Gasteiger partial charge is 0.348 e. The highest BCUT2D eigenvalue weighted by atomic mass is 35.5. The van der Waals surface area contributed by atoms with Crippen LogP contribution >= 0.6 is 45.6 Å². The zero-order chi connectivity index (χ0) is 46.8. The van der Waals surface area contributed by atoms with Crippen LogP contribution in [-0.2, 0) is 10.2 Å². The number of halogens is 1. The van der Waals surface area contributed by atoms with Crippen molar-refractivity contribution in [2.75, 3.05) is 31.0 Å². The predicted octanol–water partition coefficient (Wildman–Crippen LogP) is 9.62. The lowest BCUT2D eigenvalue weighted by atomic mass is 9.85. The molecule has 0 bridgehead atoms. The topological polar surface area (TPSA) is 241 Å². The molecule has 0 aliphatic rings. The summed E-state index contributed by atoms with van der Waals surface area (Å²) in [7, 11) is 1.33. The number of hydrogen-bond donors (Lipinski definition) is 3. The Hall–Kier alpha value is -7.18. The average molecular weight is 952 g/mol. The summed E-state index contributed by atoms with van der Waals surface area (Å²) < 4.78 is 15.1. The van der Waals surface area contributed by atoms with E-state index in [1.54, 1.807) is 56.3 Å². The van der Waals surface area contributed by atoms with Gasteiger partial charge in [0.2, 0.25) is 11.8 Å². The third-order valence-corrected chi connectivity index (χ3v) is 12.1. The molecule has 0 saturated carbocycles. The van der Waals surface area contributed by atoms with Gasteiger partial charge in [0.1, 0.15) is 45.9 Å². The number of aromatic carboxylic acids is 1. The Morgan fingerprint density at radius 3 is 1.92 bits per heavy atom. The van der Waals surface area contributed by atoms with Crippen molar-refractivity contribution >= 4 is 112 Å². The number of aromatic nitrogens is 6. The van der Waals surface area contributed by atoms with Gasteiger partial charge in [-0.15, -0.1) is 34.0 Å². The van der Waals surface area contributed by atoms with E-state index in [1.807, 2.05) is 32.9 Å². The van der Waals surface area contributed by atoms with Crippen molar-refractivity contribution in [2.24, 2.45) is 0 Å². The minimum Gasteiger partial charge on any atom is -0.477 e. The molecule has 0 atom stereocenters. The zero-order valence-corrected chi connectivity index (χ0v) is 38.7. The molecule has 2 aromatic carbocycles. The maximum absolute atomic E-state index is 13.0. The number of nitrogens with one attached hydrogen (secondary N) is 2. The fourth-order valence-corrected chi connectivity index (χ4v) is 8.36. The van der Waals surface area contributed by atoms with Crippen molar-refractivity contribution < 1.29 is 38.5 Å². The van der Waals surface area contributed by atoms with Crippen LogP contribution in [-0.4, -0.2) is 79.1 Å². The second-order valence-corrected chi connectivity index (χ2v) is 17.4. The standard InChI is InChI=1S/C27H25N5O3S.C9H8N2O3S.C8H5ClN2O2S/c1-5-35-23-14-29-21-13-22(36-26(21)32-23)25(34)31-20-12-19(10-9-16(20)2)30-24(33)17-7-6-8-18(11-17)27(3,4)15-28;1-2-14-7-4-10-5-3-6(9(12)13)15-8(5)11-7;1-13-8(12)5-2-4-7(14-5)11-6(9)3-10-4/h6-14H,5H2,1-4H3,(H,30,33)(H,31,34);3-4H,2H2,1H3,(H,12,13);2-3H,1H3. The summed E-state index contributed by atoms with van der Waals surface area (Å²) in [4.78, 5) is 75.7. The number of hydrogen-bond acceptors (Lipinski definition) is 17. The number of aryl methyl sites for hydroxylation is 1. The Kier molecular flexibility index (Phi) is 15.3. The maximum atomic E-state index is 13.0. The molecule has 65 heavy (non-hydrogen) atoms. The summed E-state index contributed by atoms with van der Waals surface area (Å²) in [5.41, 5.74) is 4.30. The highest BCUT2D eigenvalue weighted by Crippen LogP contribution is 2.29. The first-order valence-electron chi connectivity index (χ1n) is 19.4. The van der Waals surface area contributed by atoms with Gasteiger partial charge in [-0.25, -0.2) is 24.5 Å². The molecule has 0 unspecified atom stereocenters. The first-order chi connectivity index (χ1) is 31.1. The molecule has 332 valence electrons. The van der Waals surface area contributed by atoms with Crippen LogP contribution in [0, 0.1) is 18.3 Å². The van der Waals surface area contributed by atoms with Gasteiger partial charge in [0.25, 0.3) is 11.8 Å². The minimum atomic E-state index is -0.960. The Morgan fingerprint density at radius 2 is 1.32 bits per heavy atom. The summed E-state index contributed by atoms with van der Waals surface area (Å²) in [6.07, 6.45) is 4.47. The number of nitrogens with zero attached hydrogens (tertiary/aromatic N) is 7. The number of thiophene rings is 3. The van der Waals surface area contributed by atoms with E-state index < -0.39 is 11.4 Å². The van der Waals surface area contributed by atoms with Gasteiger partial charge < -0.3 is 30.0 Å². The van der Waals surface area contributed by atoms with Crippen LogP contribution in [0.5, 0.6) is 11.8 Å². The molecule has 2 amide bonds. The van der Waals surface area contributed by atoms with Gasteiger partial charge in [0, 0.05) is 16.9 Å². The van der Waals surface area contributed by atoms with E-state index in [0.717, 1.165) is 22.5 Å². The highest BCUT2D eigenvalue weighted by Gasteiger charge is 2.21. The van der Waals surface area contributed by atoms with E-state index in [1.165, 1.54) is 54.4 Å². The molecule has 0 radical (unpaired) electrons. The summed E-state index contributed by atoms with van der Waals surface area (Å²) in [5, 5.41) is 24.3. The Labute approximate surface area is 388 Å². The molecule has 8 aromatic rings. The van der Waals surface area contributed by atoms with Gasteiger partial charge in [0.15, 0.2) is 0 Å². The number of benzene rings is 2.